The second-order valence-electron chi connectivity index (χ2n) is 5.71. The van der Waals surface area contributed by atoms with Crippen molar-refractivity contribution >= 4 is 47.2 Å². The zero-order valence-corrected chi connectivity index (χ0v) is 17.0. The molecule has 126 valence electrons. The van der Waals surface area contributed by atoms with Crippen molar-refractivity contribution in [3.8, 4) is 0 Å². The molecule has 1 aromatic heterocycles. The molecule has 1 rings (SSSR count). The number of aryl methyl sites for hydroxylation is 1. The van der Waals surface area contributed by atoms with E-state index in [1.54, 1.807) is 11.3 Å². The van der Waals surface area contributed by atoms with Crippen LogP contribution in [-0.4, -0.2) is 35.5 Å². The van der Waals surface area contributed by atoms with E-state index < -0.39 is 0 Å². The van der Waals surface area contributed by atoms with E-state index in [2.05, 4.69) is 25.9 Å². The van der Waals surface area contributed by atoms with Crippen LogP contribution in [0.4, 0.5) is 0 Å². The molecule has 0 fully saturated rings. The fourth-order valence-corrected chi connectivity index (χ4v) is 2.33. The Labute approximate surface area is 153 Å². The van der Waals surface area contributed by atoms with Gasteiger partial charge in [-0.05, 0) is 34.6 Å². The number of aliphatic imine (C=N–C) groups is 1. The molecule has 3 N–H and O–H groups in total. The monoisotopic (exact) mass is 439 g/mol. The molecule has 0 bridgehead atoms. The van der Waals surface area contributed by atoms with Crippen molar-refractivity contribution in [3.63, 3.8) is 0 Å². The van der Waals surface area contributed by atoms with Gasteiger partial charge < -0.3 is 16.0 Å². The van der Waals surface area contributed by atoms with Gasteiger partial charge in [-0.3, -0.25) is 4.79 Å². The van der Waals surface area contributed by atoms with Crippen LogP contribution < -0.4 is 16.0 Å². The third-order valence-corrected chi connectivity index (χ3v) is 3.44. The van der Waals surface area contributed by atoms with Crippen molar-refractivity contribution in [1.82, 2.24) is 20.9 Å². The first kappa shape index (κ1) is 21.1. The van der Waals surface area contributed by atoms with Crippen LogP contribution in [0.15, 0.2) is 10.5 Å². The number of hydrogen-bond acceptors (Lipinski definition) is 4. The summed E-state index contributed by atoms with van der Waals surface area (Å²) in [4.78, 5) is 21.4. The van der Waals surface area contributed by atoms with Crippen molar-refractivity contribution < 1.29 is 4.79 Å². The first-order valence-electron chi connectivity index (χ1n) is 7.04. The summed E-state index contributed by atoms with van der Waals surface area (Å²) < 4.78 is 0. The highest BCUT2D eigenvalue weighted by Gasteiger charge is 2.13. The number of hydrogen-bond donors (Lipinski definition) is 3. The van der Waals surface area contributed by atoms with Crippen LogP contribution in [0.1, 0.15) is 38.3 Å². The van der Waals surface area contributed by atoms with E-state index in [0.717, 1.165) is 12.2 Å². The lowest BCUT2D eigenvalue weighted by Crippen LogP contribution is -2.43. The maximum absolute atomic E-state index is 11.8. The van der Waals surface area contributed by atoms with Gasteiger partial charge in [-0.2, -0.15) is 0 Å². The molecule has 0 unspecified atom stereocenters. The molecule has 8 heteroatoms. The van der Waals surface area contributed by atoms with Gasteiger partial charge in [-0.25, -0.2) is 9.98 Å². The summed E-state index contributed by atoms with van der Waals surface area (Å²) in [6.45, 7) is 11.3. The van der Waals surface area contributed by atoms with Gasteiger partial charge in [-0.1, -0.05) is 0 Å². The van der Waals surface area contributed by atoms with E-state index in [1.807, 2.05) is 40.1 Å². The zero-order valence-electron chi connectivity index (χ0n) is 13.8. The Morgan fingerprint density at radius 2 is 2.05 bits per heavy atom. The molecular formula is C14H26IN5OS. The number of guanidine groups is 1. The number of carbonyl (C=O) groups excluding carboxylic acids is 1. The number of nitrogens with zero attached hydrogens (tertiary/aromatic N) is 2. The molecule has 0 aromatic carbocycles. The summed E-state index contributed by atoms with van der Waals surface area (Å²) in [5.41, 5.74) is 2.61. The minimum Gasteiger partial charge on any atom is -0.357 e. The molecule has 0 aliphatic rings. The second-order valence-corrected chi connectivity index (χ2v) is 6.65. The third-order valence-electron chi connectivity index (χ3n) is 2.50. The fraction of sp³-hybridized carbons (Fsp3) is 0.643. The molecule has 0 saturated heterocycles. The molecule has 0 radical (unpaired) electrons. The number of amides is 1. The lowest BCUT2D eigenvalue weighted by Gasteiger charge is -2.20. The smallest absolute Gasteiger partial charge is 0.242 e. The van der Waals surface area contributed by atoms with Crippen LogP contribution in [0.2, 0.25) is 0 Å². The van der Waals surface area contributed by atoms with Crippen molar-refractivity contribution in [1.29, 1.82) is 0 Å². The normalized spacial score (nSPS) is 11.6. The summed E-state index contributed by atoms with van der Waals surface area (Å²) >= 11 is 1.61. The third kappa shape index (κ3) is 8.52. The molecule has 22 heavy (non-hydrogen) atoms. The summed E-state index contributed by atoms with van der Waals surface area (Å²) in [6.07, 6.45) is 0. The topological polar surface area (TPSA) is 78.4 Å². The highest BCUT2D eigenvalue weighted by atomic mass is 127. The van der Waals surface area contributed by atoms with Gasteiger partial charge in [0.1, 0.15) is 6.54 Å². The van der Waals surface area contributed by atoms with Crippen molar-refractivity contribution in [2.75, 3.05) is 13.1 Å². The summed E-state index contributed by atoms with van der Waals surface area (Å²) in [5, 5.41) is 9.22. The average Bonchev–Trinajstić information content (AvgIpc) is 2.76. The number of carbonyl (C=O) groups is 1. The van der Waals surface area contributed by atoms with Crippen LogP contribution in [0, 0.1) is 6.92 Å². The Bertz CT molecular complexity index is 496. The minimum absolute atomic E-state index is 0. The first-order valence-corrected chi connectivity index (χ1v) is 7.92. The Morgan fingerprint density at radius 1 is 1.36 bits per heavy atom. The highest BCUT2D eigenvalue weighted by Crippen LogP contribution is 2.10. The summed E-state index contributed by atoms with van der Waals surface area (Å²) in [6, 6.07) is 0. The van der Waals surface area contributed by atoms with Crippen LogP contribution in [0.5, 0.6) is 0 Å². The van der Waals surface area contributed by atoms with E-state index >= 15 is 0 Å². The Kier molecular flexibility index (Phi) is 9.58. The van der Waals surface area contributed by atoms with Gasteiger partial charge in [0.05, 0.1) is 17.7 Å². The molecule has 1 amide bonds. The van der Waals surface area contributed by atoms with E-state index in [9.17, 15) is 4.79 Å². The van der Waals surface area contributed by atoms with Crippen molar-refractivity contribution in [2.45, 2.75) is 46.7 Å². The molecule has 6 nitrogen and oxygen atoms in total. The second kappa shape index (κ2) is 9.98. The van der Waals surface area contributed by atoms with Crippen LogP contribution in [0.3, 0.4) is 0 Å². The molecule has 0 saturated carbocycles. The van der Waals surface area contributed by atoms with E-state index in [1.165, 1.54) is 4.88 Å². The predicted molar refractivity (Wildman–Crippen MR) is 103 cm³/mol. The van der Waals surface area contributed by atoms with Gasteiger partial charge in [-0.15, -0.1) is 35.3 Å². The Morgan fingerprint density at radius 3 is 2.55 bits per heavy atom. The largest absolute Gasteiger partial charge is 0.357 e. The van der Waals surface area contributed by atoms with Gasteiger partial charge in [0.15, 0.2) is 5.96 Å². The SMILES string of the molecule is CCNC(=NCC(=O)NC(C)(C)C)NCc1scnc1C.I. The van der Waals surface area contributed by atoms with E-state index in [0.29, 0.717) is 12.5 Å². The Balaban J connectivity index is 0.00000441. The highest BCUT2D eigenvalue weighted by molar-refractivity contribution is 14.0. The molecule has 0 spiro atoms. The van der Waals surface area contributed by atoms with Crippen LogP contribution >= 0.6 is 35.3 Å². The fourth-order valence-electron chi connectivity index (χ4n) is 1.61. The van der Waals surface area contributed by atoms with E-state index in [-0.39, 0.29) is 42.0 Å². The lowest BCUT2D eigenvalue weighted by molar-refractivity contribution is -0.121. The summed E-state index contributed by atoms with van der Waals surface area (Å²) in [5.74, 6) is 0.544. The van der Waals surface area contributed by atoms with E-state index in [4.69, 9.17) is 0 Å². The van der Waals surface area contributed by atoms with Gasteiger partial charge in [0.2, 0.25) is 5.91 Å². The maximum Gasteiger partial charge on any atom is 0.242 e. The molecular weight excluding hydrogens is 413 g/mol. The van der Waals surface area contributed by atoms with Gasteiger partial charge in [0.25, 0.3) is 0 Å². The maximum atomic E-state index is 11.8. The molecule has 1 aromatic rings. The quantitative estimate of drug-likeness (QED) is 0.373. The predicted octanol–water partition coefficient (Wildman–Crippen LogP) is 2.04. The molecule has 0 aliphatic heterocycles. The minimum atomic E-state index is -0.238. The summed E-state index contributed by atoms with van der Waals surface area (Å²) in [7, 11) is 0. The lowest BCUT2D eigenvalue weighted by atomic mass is 10.1. The number of thiazole rings is 1. The van der Waals surface area contributed by atoms with Crippen molar-refractivity contribution in [3.05, 3.63) is 16.1 Å². The van der Waals surface area contributed by atoms with Gasteiger partial charge in [0, 0.05) is 17.0 Å². The molecule has 0 atom stereocenters. The number of rotatable bonds is 5. The standard InChI is InChI=1S/C14H25N5OS.HI/c1-6-15-13(16-7-11-10(2)18-9-21-11)17-8-12(20)19-14(3,4)5;/h9H,6-8H2,1-5H3,(H,19,20)(H2,15,16,17);1H. The molecule has 0 aliphatic carbocycles. The number of nitrogens with one attached hydrogen (secondary N) is 3. The van der Waals surface area contributed by atoms with Crippen molar-refractivity contribution in [2.24, 2.45) is 4.99 Å². The number of aromatic nitrogens is 1. The van der Waals surface area contributed by atoms with Crippen LogP contribution in [-0.2, 0) is 11.3 Å². The number of halogens is 1. The average molecular weight is 439 g/mol. The van der Waals surface area contributed by atoms with Gasteiger partial charge >= 0.3 is 0 Å². The Hall–Kier alpha value is -0.900. The molecule has 1 heterocycles. The zero-order chi connectivity index (χ0) is 15.9. The van der Waals surface area contributed by atoms with Crippen LogP contribution in [0.25, 0.3) is 0 Å². The first-order chi connectivity index (χ1) is 9.81.